The third-order valence-corrected chi connectivity index (χ3v) is 10.1. The van der Waals surface area contributed by atoms with E-state index in [1.54, 1.807) is 61.3 Å². The molecule has 5 aromatic rings. The van der Waals surface area contributed by atoms with Gasteiger partial charge < -0.3 is 23.6 Å². The minimum absolute atomic E-state index is 0.146. The molecule has 3 heterocycles. The van der Waals surface area contributed by atoms with Gasteiger partial charge in [0.05, 0.1) is 17.2 Å². The molecule has 1 aliphatic rings. The van der Waals surface area contributed by atoms with Crippen LogP contribution < -0.4 is 9.47 Å². The van der Waals surface area contributed by atoms with Crippen LogP contribution in [0.5, 0.6) is 11.5 Å². The van der Waals surface area contributed by atoms with Gasteiger partial charge in [0.1, 0.15) is 17.2 Å². The van der Waals surface area contributed by atoms with Crippen molar-refractivity contribution in [1.82, 2.24) is 19.1 Å². The van der Waals surface area contributed by atoms with Crippen molar-refractivity contribution in [3.8, 4) is 56.5 Å². The number of ether oxygens (including phenoxy) is 2. The summed E-state index contributed by atoms with van der Waals surface area (Å²) in [5.74, 6) is -0.654. The molecule has 11 nitrogen and oxygen atoms in total. The van der Waals surface area contributed by atoms with Gasteiger partial charge in [-0.15, -0.1) is 13.1 Å². The number of hydrogen-bond donors (Lipinski definition) is 1. The average Bonchev–Trinajstić information content (AvgIpc) is 3.67. The minimum atomic E-state index is -3.93. The summed E-state index contributed by atoms with van der Waals surface area (Å²) < 4.78 is 99.0. The lowest BCUT2D eigenvalue weighted by Crippen LogP contribution is -2.25. The highest BCUT2D eigenvalue weighted by atomic mass is 32.2. The smallest absolute Gasteiger partial charge is 0.586 e. The Kier molecular flexibility index (Phi) is 8.58. The van der Waals surface area contributed by atoms with E-state index in [0.717, 1.165) is 12.3 Å². The molecule has 6 rings (SSSR count). The van der Waals surface area contributed by atoms with Crippen molar-refractivity contribution in [2.45, 2.75) is 30.5 Å². The highest BCUT2D eigenvalue weighted by Gasteiger charge is 2.43. The van der Waals surface area contributed by atoms with E-state index in [1.165, 1.54) is 24.3 Å². The van der Waals surface area contributed by atoms with Crippen molar-refractivity contribution in [3.63, 3.8) is 0 Å². The number of sulfone groups is 1. The fourth-order valence-electron chi connectivity index (χ4n) is 5.40. The first-order chi connectivity index (χ1) is 22.5. The van der Waals surface area contributed by atoms with E-state index < -0.39 is 39.9 Å². The van der Waals surface area contributed by atoms with E-state index in [1.807, 2.05) is 0 Å². The van der Waals surface area contributed by atoms with Crippen molar-refractivity contribution in [2.75, 3.05) is 20.4 Å². The van der Waals surface area contributed by atoms with Crippen LogP contribution in [0.15, 0.2) is 63.9 Å². The maximum atomic E-state index is 15.2. The second-order valence-electron chi connectivity index (χ2n) is 11.3. The van der Waals surface area contributed by atoms with E-state index in [2.05, 4.69) is 19.6 Å². The lowest BCUT2D eigenvalue weighted by molar-refractivity contribution is -0.286. The number of rotatable bonds is 9. The molecule has 0 amide bonds. The molecule has 0 bridgehead atoms. The predicted molar refractivity (Wildman–Crippen MR) is 170 cm³/mol. The number of benzene rings is 3. The van der Waals surface area contributed by atoms with Crippen LogP contribution in [0.25, 0.3) is 45.0 Å². The van der Waals surface area contributed by atoms with E-state index in [0.29, 0.717) is 33.6 Å². The number of fused-ring (bicyclic) bond motifs is 1. The summed E-state index contributed by atoms with van der Waals surface area (Å²) >= 11 is -1.34. The van der Waals surface area contributed by atoms with Crippen molar-refractivity contribution < 1.29 is 45.1 Å². The molecular weight excluding hydrogens is 674 g/mol. The fourth-order valence-corrected chi connectivity index (χ4v) is 7.01. The highest BCUT2D eigenvalue weighted by molar-refractivity contribution is 7.90. The molecular formula is C32H29F3N4O7S2. The summed E-state index contributed by atoms with van der Waals surface area (Å²) in [6.45, 7) is 0.792. The zero-order valence-electron chi connectivity index (χ0n) is 26.2. The van der Waals surface area contributed by atoms with E-state index in [4.69, 9.17) is 4.42 Å². The Morgan fingerprint density at radius 1 is 1.00 bits per heavy atom. The van der Waals surface area contributed by atoms with Gasteiger partial charge in [-0.25, -0.2) is 17.8 Å². The number of oxazole rings is 1. The van der Waals surface area contributed by atoms with Crippen molar-refractivity contribution in [3.05, 3.63) is 77.6 Å². The zero-order chi connectivity index (χ0) is 34.7. The Morgan fingerprint density at radius 3 is 2.40 bits per heavy atom. The Balaban J connectivity index is 1.56. The predicted octanol–water partition coefficient (Wildman–Crippen LogP) is 5.47. The SMILES string of the molecule is Cc1nc(-c2ccc3c(c2)OC(F)(F)O3)c(-c2cc(-c3cc(F)c(CO)c(S(C)(=O)=O)c3)ccc2-c2cc(C[S+]([O-])N(C)C)nn2C)o1. The van der Waals surface area contributed by atoms with Crippen LogP contribution in [0.1, 0.15) is 17.1 Å². The highest BCUT2D eigenvalue weighted by Crippen LogP contribution is 2.46. The summed E-state index contributed by atoms with van der Waals surface area (Å²) in [5.41, 5.74) is 2.99. The number of aliphatic hydroxyl groups excluding tert-OH is 1. The third-order valence-electron chi connectivity index (χ3n) is 7.60. The first-order valence-electron chi connectivity index (χ1n) is 14.3. The van der Waals surface area contributed by atoms with Crippen LogP contribution in [0, 0.1) is 12.7 Å². The van der Waals surface area contributed by atoms with Gasteiger partial charge in [0.15, 0.2) is 38.7 Å². The molecule has 0 saturated heterocycles. The first kappa shape index (κ1) is 33.5. The van der Waals surface area contributed by atoms with Crippen molar-refractivity contribution in [1.29, 1.82) is 0 Å². The third kappa shape index (κ3) is 6.41. The topological polar surface area (TPSA) is 143 Å². The molecule has 0 spiro atoms. The fraction of sp³-hybridized carbons (Fsp3) is 0.250. The number of aryl methyl sites for hydroxylation is 2. The van der Waals surface area contributed by atoms with Gasteiger partial charge in [-0.2, -0.15) is 5.10 Å². The van der Waals surface area contributed by atoms with Crippen LogP contribution in [0.2, 0.25) is 0 Å². The number of halogens is 3. The van der Waals surface area contributed by atoms with Crippen molar-refractivity contribution >= 4 is 21.2 Å². The molecule has 3 aromatic carbocycles. The summed E-state index contributed by atoms with van der Waals surface area (Å²) in [6.07, 6.45) is -2.91. The maximum Gasteiger partial charge on any atom is 0.586 e. The van der Waals surface area contributed by atoms with Gasteiger partial charge in [-0.05, 0) is 53.6 Å². The van der Waals surface area contributed by atoms with Crippen LogP contribution >= 0.6 is 0 Å². The molecule has 1 atom stereocenters. The first-order valence-corrected chi connectivity index (χ1v) is 17.5. The molecule has 16 heteroatoms. The normalized spacial score (nSPS) is 14.6. The molecule has 2 aromatic heterocycles. The molecule has 0 saturated carbocycles. The van der Waals surface area contributed by atoms with Gasteiger partial charge >= 0.3 is 6.29 Å². The molecule has 1 aliphatic heterocycles. The van der Waals surface area contributed by atoms with Crippen LogP contribution in [-0.4, -0.2) is 63.8 Å². The van der Waals surface area contributed by atoms with Crippen LogP contribution in [-0.2, 0) is 40.6 Å². The molecule has 48 heavy (non-hydrogen) atoms. The second kappa shape index (κ2) is 12.3. The maximum absolute atomic E-state index is 15.2. The number of alkyl halides is 2. The molecule has 0 fully saturated rings. The second-order valence-corrected chi connectivity index (χ2v) is 14.9. The molecule has 1 unspecified atom stereocenters. The molecule has 1 N–H and O–H groups in total. The summed E-state index contributed by atoms with van der Waals surface area (Å²) in [5, 5.41) is 14.3. The van der Waals surface area contributed by atoms with Gasteiger partial charge in [0.2, 0.25) is 0 Å². The van der Waals surface area contributed by atoms with Crippen LogP contribution in [0.3, 0.4) is 0 Å². The van der Waals surface area contributed by atoms with E-state index >= 15 is 4.39 Å². The van der Waals surface area contributed by atoms with Gasteiger partial charge in [-0.1, -0.05) is 12.1 Å². The summed E-state index contributed by atoms with van der Waals surface area (Å²) in [4.78, 5) is 4.18. The summed E-state index contributed by atoms with van der Waals surface area (Å²) in [6, 6.07) is 13.4. The minimum Gasteiger partial charge on any atom is -0.598 e. The van der Waals surface area contributed by atoms with Crippen LogP contribution in [0.4, 0.5) is 13.2 Å². The van der Waals surface area contributed by atoms with Gasteiger partial charge in [0, 0.05) is 67.9 Å². The van der Waals surface area contributed by atoms with Gasteiger partial charge in [-0.3, -0.25) is 4.68 Å². The quantitative estimate of drug-likeness (QED) is 0.197. The molecule has 252 valence electrons. The average molecular weight is 703 g/mol. The van der Waals surface area contributed by atoms with Gasteiger partial charge in [0.25, 0.3) is 0 Å². The number of nitrogens with zero attached hydrogens (tertiary/aromatic N) is 4. The number of hydrogen-bond acceptors (Lipinski definition) is 10. The van der Waals surface area contributed by atoms with E-state index in [-0.39, 0.29) is 50.6 Å². The Labute approximate surface area is 276 Å². The monoisotopic (exact) mass is 702 g/mol. The Morgan fingerprint density at radius 2 is 1.71 bits per heavy atom. The Bertz CT molecular complexity index is 2170. The number of aliphatic hydroxyl groups is 1. The zero-order valence-corrected chi connectivity index (χ0v) is 27.9. The lowest BCUT2D eigenvalue weighted by atomic mass is 9.93. The van der Waals surface area contributed by atoms with Crippen molar-refractivity contribution in [2.24, 2.45) is 7.05 Å². The largest absolute Gasteiger partial charge is 0.598 e. The molecule has 0 aliphatic carbocycles. The number of aromatic nitrogens is 3. The standard InChI is InChI=1S/C32H29F3N4O7S2/c1-17-36-30(19-7-9-27-28(12-19)46-32(34,35)45-27)31(44-17)23-10-18(20-11-25(33)24(15-40)29(13-20)48(5,42)43)6-8-22(23)26-14-21(37-39(26)4)16-47(41)38(2)3/h6-14,40H,15-16H2,1-5H3. The Hall–Kier alpha value is -4.35. The lowest BCUT2D eigenvalue weighted by Gasteiger charge is -2.14. The molecule has 0 radical (unpaired) electrons. The van der Waals surface area contributed by atoms with E-state index in [9.17, 15) is 26.9 Å². The summed E-state index contributed by atoms with van der Waals surface area (Å²) in [7, 11) is 1.16.